The molecule has 1 nitrogen and oxygen atoms in total. The Balaban J connectivity index is 1.81. The van der Waals surface area contributed by atoms with E-state index in [0.717, 1.165) is 30.9 Å². The van der Waals surface area contributed by atoms with Gasteiger partial charge in [0.25, 0.3) is 0 Å². The summed E-state index contributed by atoms with van der Waals surface area (Å²) in [6.07, 6.45) is 4.43. The molecule has 1 aliphatic heterocycles. The molecule has 0 bridgehead atoms. The second kappa shape index (κ2) is 5.44. The molecular formula is C14H20FN. The largest absolute Gasteiger partial charge is 0.314 e. The van der Waals surface area contributed by atoms with E-state index in [1.54, 1.807) is 12.1 Å². The summed E-state index contributed by atoms with van der Waals surface area (Å²) in [6, 6.07) is 7.68. The van der Waals surface area contributed by atoms with E-state index in [9.17, 15) is 4.39 Å². The zero-order chi connectivity index (χ0) is 11.4. The highest BCUT2D eigenvalue weighted by Gasteiger charge is 2.17. The van der Waals surface area contributed by atoms with Gasteiger partial charge in [-0.15, -0.1) is 0 Å². The summed E-state index contributed by atoms with van der Waals surface area (Å²) in [5.74, 6) is 0.733. The number of hydrogen-bond acceptors (Lipinski definition) is 1. The topological polar surface area (TPSA) is 12.0 Å². The average Bonchev–Trinajstić information content (AvgIpc) is 2.30. The maximum atomic E-state index is 13.4. The number of halogens is 1. The van der Waals surface area contributed by atoms with Crippen molar-refractivity contribution in [2.24, 2.45) is 5.92 Å². The summed E-state index contributed by atoms with van der Waals surface area (Å²) < 4.78 is 13.4. The molecule has 2 rings (SSSR count). The fourth-order valence-corrected chi connectivity index (χ4v) is 2.33. The van der Waals surface area contributed by atoms with Crippen LogP contribution < -0.4 is 5.32 Å². The van der Waals surface area contributed by atoms with Gasteiger partial charge in [-0.1, -0.05) is 25.1 Å². The number of piperidine rings is 1. The van der Waals surface area contributed by atoms with Gasteiger partial charge in [0.05, 0.1) is 0 Å². The van der Waals surface area contributed by atoms with Crippen molar-refractivity contribution in [1.29, 1.82) is 0 Å². The number of nitrogens with one attached hydrogen (secondary N) is 1. The molecule has 0 amide bonds. The van der Waals surface area contributed by atoms with Crippen molar-refractivity contribution < 1.29 is 4.39 Å². The fourth-order valence-electron chi connectivity index (χ4n) is 2.33. The Morgan fingerprint density at radius 1 is 1.31 bits per heavy atom. The third-order valence-electron chi connectivity index (χ3n) is 3.48. The van der Waals surface area contributed by atoms with Gasteiger partial charge in [-0.3, -0.25) is 0 Å². The lowest BCUT2D eigenvalue weighted by atomic mass is 9.93. The van der Waals surface area contributed by atoms with Gasteiger partial charge in [-0.05, 0) is 49.8 Å². The Morgan fingerprint density at radius 3 is 2.81 bits per heavy atom. The van der Waals surface area contributed by atoms with Crippen LogP contribution in [0.3, 0.4) is 0 Å². The van der Waals surface area contributed by atoms with E-state index < -0.39 is 0 Å². The molecule has 0 aliphatic carbocycles. The molecule has 1 aliphatic rings. The van der Waals surface area contributed by atoms with Crippen LogP contribution in [-0.4, -0.2) is 12.6 Å². The molecule has 1 aromatic rings. The fraction of sp³-hybridized carbons (Fsp3) is 0.571. The molecule has 16 heavy (non-hydrogen) atoms. The van der Waals surface area contributed by atoms with E-state index >= 15 is 0 Å². The summed E-state index contributed by atoms with van der Waals surface area (Å²) in [6.45, 7) is 3.39. The highest BCUT2D eigenvalue weighted by atomic mass is 19.1. The van der Waals surface area contributed by atoms with E-state index in [-0.39, 0.29) is 5.82 Å². The number of hydrogen-bond donors (Lipinski definition) is 1. The molecule has 1 N–H and O–H groups in total. The van der Waals surface area contributed by atoms with Crippen LogP contribution in [0.4, 0.5) is 4.39 Å². The lowest BCUT2D eigenvalue weighted by molar-refractivity contribution is 0.315. The highest BCUT2D eigenvalue weighted by molar-refractivity contribution is 5.17. The van der Waals surface area contributed by atoms with Crippen LogP contribution in [0.15, 0.2) is 24.3 Å². The molecule has 1 saturated heterocycles. The Labute approximate surface area is 97.1 Å². The second-order valence-electron chi connectivity index (χ2n) is 4.92. The summed E-state index contributed by atoms with van der Waals surface area (Å²) >= 11 is 0. The number of rotatable bonds is 3. The van der Waals surface area contributed by atoms with E-state index in [1.807, 2.05) is 12.1 Å². The molecule has 0 aromatic heterocycles. The molecule has 0 spiro atoms. The van der Waals surface area contributed by atoms with E-state index in [4.69, 9.17) is 0 Å². The lowest BCUT2D eigenvalue weighted by Gasteiger charge is -2.27. The van der Waals surface area contributed by atoms with Gasteiger partial charge >= 0.3 is 0 Å². The molecule has 88 valence electrons. The van der Waals surface area contributed by atoms with Crippen molar-refractivity contribution in [3.63, 3.8) is 0 Å². The zero-order valence-corrected chi connectivity index (χ0v) is 9.88. The SMILES string of the molecule is CC1CCC(CCc2ccccc2F)NC1. The third kappa shape index (κ3) is 3.05. The van der Waals surface area contributed by atoms with Gasteiger partial charge in [-0.2, -0.15) is 0 Å². The normalized spacial score (nSPS) is 25.6. The highest BCUT2D eigenvalue weighted by Crippen LogP contribution is 2.18. The Hall–Kier alpha value is -0.890. The molecule has 2 atom stereocenters. The van der Waals surface area contributed by atoms with Crippen LogP contribution in [-0.2, 0) is 6.42 Å². The first-order chi connectivity index (χ1) is 7.75. The Bertz CT molecular complexity index is 329. The molecular weight excluding hydrogens is 201 g/mol. The molecule has 1 heterocycles. The van der Waals surface area contributed by atoms with Crippen LogP contribution in [0.2, 0.25) is 0 Å². The van der Waals surface area contributed by atoms with Crippen molar-refractivity contribution >= 4 is 0 Å². The van der Waals surface area contributed by atoms with Gasteiger partial charge < -0.3 is 5.32 Å². The third-order valence-corrected chi connectivity index (χ3v) is 3.48. The minimum atomic E-state index is -0.0633. The van der Waals surface area contributed by atoms with Gasteiger partial charge in [0.1, 0.15) is 5.82 Å². The van der Waals surface area contributed by atoms with Gasteiger partial charge in [0, 0.05) is 6.04 Å². The summed E-state index contributed by atoms with van der Waals surface area (Å²) in [7, 11) is 0. The number of aryl methyl sites for hydroxylation is 1. The number of benzene rings is 1. The zero-order valence-electron chi connectivity index (χ0n) is 9.88. The summed E-state index contributed by atoms with van der Waals surface area (Å²) in [5.41, 5.74) is 0.850. The monoisotopic (exact) mass is 221 g/mol. The lowest BCUT2D eigenvalue weighted by Crippen LogP contribution is -2.38. The molecule has 0 radical (unpaired) electrons. The van der Waals surface area contributed by atoms with Crippen molar-refractivity contribution in [2.75, 3.05) is 6.54 Å². The smallest absolute Gasteiger partial charge is 0.126 e. The van der Waals surface area contributed by atoms with Gasteiger partial charge in [0.15, 0.2) is 0 Å². The van der Waals surface area contributed by atoms with Gasteiger partial charge in [-0.25, -0.2) is 4.39 Å². The Kier molecular flexibility index (Phi) is 3.94. The van der Waals surface area contributed by atoms with Crippen LogP contribution >= 0.6 is 0 Å². The van der Waals surface area contributed by atoms with Crippen molar-refractivity contribution in [2.45, 2.75) is 38.6 Å². The maximum absolute atomic E-state index is 13.4. The molecule has 1 aromatic carbocycles. The van der Waals surface area contributed by atoms with Crippen molar-refractivity contribution in [1.82, 2.24) is 5.32 Å². The molecule has 2 unspecified atom stereocenters. The quantitative estimate of drug-likeness (QED) is 0.826. The first kappa shape index (κ1) is 11.6. The standard InChI is InChI=1S/C14H20FN/c1-11-6-8-13(16-10-11)9-7-12-4-2-3-5-14(12)15/h2-5,11,13,16H,6-10H2,1H3. The van der Waals surface area contributed by atoms with E-state index in [1.165, 1.54) is 12.8 Å². The molecule has 1 fully saturated rings. The van der Waals surface area contributed by atoms with E-state index in [0.29, 0.717) is 6.04 Å². The average molecular weight is 221 g/mol. The minimum absolute atomic E-state index is 0.0633. The van der Waals surface area contributed by atoms with Gasteiger partial charge in [0.2, 0.25) is 0 Å². The van der Waals surface area contributed by atoms with Crippen LogP contribution in [0, 0.1) is 11.7 Å². The minimum Gasteiger partial charge on any atom is -0.314 e. The Morgan fingerprint density at radius 2 is 2.12 bits per heavy atom. The predicted molar refractivity (Wildman–Crippen MR) is 64.9 cm³/mol. The van der Waals surface area contributed by atoms with Crippen molar-refractivity contribution in [3.8, 4) is 0 Å². The van der Waals surface area contributed by atoms with Crippen LogP contribution in [0.5, 0.6) is 0 Å². The first-order valence-corrected chi connectivity index (χ1v) is 6.22. The van der Waals surface area contributed by atoms with Crippen molar-refractivity contribution in [3.05, 3.63) is 35.6 Å². The summed E-state index contributed by atoms with van der Waals surface area (Å²) in [5, 5.41) is 3.54. The van der Waals surface area contributed by atoms with Crippen LogP contribution in [0.25, 0.3) is 0 Å². The van der Waals surface area contributed by atoms with E-state index in [2.05, 4.69) is 12.2 Å². The maximum Gasteiger partial charge on any atom is 0.126 e. The molecule has 2 heteroatoms. The second-order valence-corrected chi connectivity index (χ2v) is 4.92. The molecule has 0 saturated carbocycles. The summed E-state index contributed by atoms with van der Waals surface area (Å²) in [4.78, 5) is 0. The first-order valence-electron chi connectivity index (χ1n) is 6.22. The predicted octanol–water partition coefficient (Wildman–Crippen LogP) is 3.15. The van der Waals surface area contributed by atoms with Crippen LogP contribution in [0.1, 0.15) is 31.7 Å².